The van der Waals surface area contributed by atoms with Gasteiger partial charge in [0.15, 0.2) is 0 Å². The van der Waals surface area contributed by atoms with E-state index in [0.717, 1.165) is 6.42 Å². The number of allylic oxidation sites excluding steroid dienone is 4. The van der Waals surface area contributed by atoms with Crippen molar-refractivity contribution in [2.24, 2.45) is 0 Å². The van der Waals surface area contributed by atoms with Crippen molar-refractivity contribution in [3.63, 3.8) is 0 Å². The summed E-state index contributed by atoms with van der Waals surface area (Å²) in [6.45, 7) is 4.33. The van der Waals surface area contributed by atoms with Crippen LogP contribution in [-0.4, -0.2) is 0 Å². The maximum absolute atomic E-state index is 2.67. The molecule has 1 rings (SSSR count). The molecule has 1 aliphatic rings. The monoisotopic (exact) mass is 195 g/mol. The van der Waals surface area contributed by atoms with Gasteiger partial charge in [-0.15, -0.1) is 0 Å². The second kappa shape index (κ2) is 2.15. The van der Waals surface area contributed by atoms with Crippen LogP contribution >= 0.6 is 0 Å². The quantitative estimate of drug-likeness (QED) is 0.518. The zero-order valence-corrected chi connectivity index (χ0v) is 6.88. The van der Waals surface area contributed by atoms with Crippen molar-refractivity contribution >= 4 is 0 Å². The van der Waals surface area contributed by atoms with Crippen LogP contribution in [0.15, 0.2) is 21.4 Å². The molecule has 0 aromatic carbocycles. The van der Waals surface area contributed by atoms with Gasteiger partial charge in [-0.05, 0) is 0 Å². The van der Waals surface area contributed by atoms with Crippen LogP contribution in [0.4, 0.5) is 0 Å². The first-order valence-corrected chi connectivity index (χ1v) is 3.60. The molecule has 1 heteroatoms. The van der Waals surface area contributed by atoms with Gasteiger partial charge >= 0.3 is 60.0 Å². The fourth-order valence-corrected chi connectivity index (χ4v) is 1.17. The summed E-state index contributed by atoms with van der Waals surface area (Å²) >= 11 is 2.67. The van der Waals surface area contributed by atoms with Gasteiger partial charge in [-0.1, -0.05) is 0 Å². The number of hydrogen-bond acceptors (Lipinski definition) is 0. The van der Waals surface area contributed by atoms with Crippen molar-refractivity contribution in [3.8, 4) is 0 Å². The van der Waals surface area contributed by atoms with Gasteiger partial charge in [-0.3, -0.25) is 0 Å². The standard InChI is InChI=1S/C7H9.Ru/c1-6-3-4-7(2)5-6;/h3H,4H2,1-2H3;. The van der Waals surface area contributed by atoms with E-state index in [0.29, 0.717) is 0 Å². The first kappa shape index (κ1) is 6.23. The zero-order chi connectivity index (χ0) is 6.15. The number of rotatable bonds is 0. The van der Waals surface area contributed by atoms with Crippen molar-refractivity contribution in [1.29, 1.82) is 0 Å². The molecule has 0 nitrogen and oxygen atoms in total. The van der Waals surface area contributed by atoms with Gasteiger partial charge in [-0.2, -0.15) is 0 Å². The molecule has 0 spiro atoms. The Morgan fingerprint density at radius 2 is 2.12 bits per heavy atom. The summed E-state index contributed by atoms with van der Waals surface area (Å²) in [4.78, 5) is 0. The molecule has 45 valence electrons. The summed E-state index contributed by atoms with van der Waals surface area (Å²) in [7, 11) is 0. The molecule has 1 aliphatic carbocycles. The zero-order valence-electron chi connectivity index (χ0n) is 5.14. The average molecular weight is 194 g/mol. The van der Waals surface area contributed by atoms with Crippen LogP contribution < -0.4 is 0 Å². The van der Waals surface area contributed by atoms with Gasteiger partial charge in [0.1, 0.15) is 0 Å². The Morgan fingerprint density at radius 1 is 1.50 bits per heavy atom. The van der Waals surface area contributed by atoms with E-state index in [1.807, 2.05) is 0 Å². The van der Waals surface area contributed by atoms with Crippen molar-refractivity contribution in [3.05, 3.63) is 21.4 Å². The molecule has 0 bridgehead atoms. The van der Waals surface area contributed by atoms with Crippen LogP contribution in [0.5, 0.6) is 0 Å². The van der Waals surface area contributed by atoms with Crippen LogP contribution in [0.1, 0.15) is 20.3 Å². The minimum absolute atomic E-state index is 1.16. The Bertz CT molecular complexity index is 158. The third-order valence-electron chi connectivity index (χ3n) is 1.42. The average Bonchev–Trinajstić information content (AvgIpc) is 1.98. The molecule has 0 atom stereocenters. The molecule has 8 heavy (non-hydrogen) atoms. The van der Waals surface area contributed by atoms with E-state index in [-0.39, 0.29) is 0 Å². The molecule has 0 radical (unpaired) electrons. The van der Waals surface area contributed by atoms with E-state index in [9.17, 15) is 0 Å². The molecule has 0 amide bonds. The minimum atomic E-state index is 1.16. The van der Waals surface area contributed by atoms with Crippen LogP contribution in [0, 0.1) is 0 Å². The fraction of sp³-hybridized carbons (Fsp3) is 0.429. The molecule has 0 saturated carbocycles. The second-order valence-corrected chi connectivity index (χ2v) is 3.04. The molecular formula is C7H9Ru. The van der Waals surface area contributed by atoms with E-state index >= 15 is 0 Å². The second-order valence-electron chi connectivity index (χ2n) is 2.17. The summed E-state index contributed by atoms with van der Waals surface area (Å²) in [6, 6.07) is 0. The summed E-state index contributed by atoms with van der Waals surface area (Å²) in [5.74, 6) is 0. The molecule has 0 saturated heterocycles. The Morgan fingerprint density at radius 3 is 2.25 bits per heavy atom. The summed E-state index contributed by atoms with van der Waals surface area (Å²) in [6.07, 6.45) is 3.43. The van der Waals surface area contributed by atoms with Crippen molar-refractivity contribution in [1.82, 2.24) is 0 Å². The molecule has 0 aromatic heterocycles. The van der Waals surface area contributed by atoms with Gasteiger partial charge in [0.25, 0.3) is 0 Å². The molecule has 0 fully saturated rings. The Balaban J connectivity index is 2.88. The van der Waals surface area contributed by atoms with E-state index in [1.54, 1.807) is 0 Å². The topological polar surface area (TPSA) is 0 Å². The van der Waals surface area contributed by atoms with E-state index in [4.69, 9.17) is 0 Å². The first-order valence-electron chi connectivity index (χ1n) is 2.73. The van der Waals surface area contributed by atoms with Gasteiger partial charge in [0.2, 0.25) is 0 Å². The number of hydrogen-bond donors (Lipinski definition) is 0. The predicted octanol–water partition coefficient (Wildman–Crippen LogP) is 2.16. The Labute approximate surface area is 60.3 Å². The summed E-state index contributed by atoms with van der Waals surface area (Å²) in [5, 5.41) is 0. The van der Waals surface area contributed by atoms with E-state index in [1.165, 1.54) is 15.3 Å². The first-order chi connectivity index (χ1) is 3.72. The van der Waals surface area contributed by atoms with Crippen LogP contribution in [0.2, 0.25) is 0 Å². The molecule has 0 aromatic rings. The maximum atomic E-state index is 2.67. The normalized spacial score (nSPS) is 19.6. The summed E-state index contributed by atoms with van der Waals surface area (Å²) < 4.78 is 1.42. The van der Waals surface area contributed by atoms with Gasteiger partial charge < -0.3 is 0 Å². The van der Waals surface area contributed by atoms with Crippen molar-refractivity contribution in [2.45, 2.75) is 20.3 Å². The van der Waals surface area contributed by atoms with E-state index < -0.39 is 0 Å². The van der Waals surface area contributed by atoms with E-state index in [2.05, 4.69) is 38.2 Å². The third-order valence-corrected chi connectivity index (χ3v) is 2.84. The van der Waals surface area contributed by atoms with Gasteiger partial charge in [-0.25, -0.2) is 0 Å². The Kier molecular flexibility index (Phi) is 1.67. The molecule has 0 heterocycles. The SMILES string of the molecule is CC1=CCC(C)=[C]1[Ru]. The molecule has 0 unspecified atom stereocenters. The van der Waals surface area contributed by atoms with Gasteiger partial charge in [0, 0.05) is 0 Å². The molecular weight excluding hydrogens is 185 g/mol. The van der Waals surface area contributed by atoms with Gasteiger partial charge in [0.05, 0.1) is 0 Å². The van der Waals surface area contributed by atoms with Crippen molar-refractivity contribution < 1.29 is 18.3 Å². The van der Waals surface area contributed by atoms with Crippen molar-refractivity contribution in [2.75, 3.05) is 0 Å². The Hall–Kier alpha value is 0.103. The van der Waals surface area contributed by atoms with Crippen LogP contribution in [0.3, 0.4) is 0 Å². The third kappa shape index (κ3) is 0.926. The summed E-state index contributed by atoms with van der Waals surface area (Å²) in [5.41, 5.74) is 2.93. The molecule has 0 N–H and O–H groups in total. The predicted molar refractivity (Wildman–Crippen MR) is 31.1 cm³/mol. The van der Waals surface area contributed by atoms with Crippen LogP contribution in [-0.2, 0) is 18.3 Å². The van der Waals surface area contributed by atoms with Crippen LogP contribution in [0.25, 0.3) is 0 Å². The fourth-order valence-electron chi connectivity index (χ4n) is 0.817. The molecule has 0 aliphatic heterocycles.